The number of likely N-dealkylation sites (tertiary alicyclic amines) is 1. The van der Waals surface area contributed by atoms with Gasteiger partial charge < -0.3 is 14.8 Å². The number of benzene rings is 2. The number of carbonyl (C=O) groups is 1. The third kappa shape index (κ3) is 5.36. The molecule has 0 aliphatic carbocycles. The molecule has 0 unspecified atom stereocenters. The van der Waals surface area contributed by atoms with Crippen LogP contribution in [0.2, 0.25) is 0 Å². The second kappa shape index (κ2) is 9.25. The number of amides is 1. The van der Waals surface area contributed by atoms with Gasteiger partial charge in [-0.3, -0.25) is 9.69 Å². The molecule has 0 bridgehead atoms. The van der Waals surface area contributed by atoms with Crippen LogP contribution in [0.3, 0.4) is 0 Å². The van der Waals surface area contributed by atoms with E-state index >= 15 is 0 Å². The highest BCUT2D eigenvalue weighted by atomic mass is 32.2. The van der Waals surface area contributed by atoms with Gasteiger partial charge in [0.25, 0.3) is 0 Å². The zero-order valence-corrected chi connectivity index (χ0v) is 18.1. The van der Waals surface area contributed by atoms with Crippen LogP contribution in [0.1, 0.15) is 30.0 Å². The number of sulfonamides is 1. The van der Waals surface area contributed by atoms with Crippen LogP contribution in [-0.2, 0) is 21.2 Å². The van der Waals surface area contributed by atoms with Crippen molar-refractivity contribution in [1.29, 1.82) is 0 Å². The maximum Gasteiger partial charge on any atom is 0.238 e. The van der Waals surface area contributed by atoms with Gasteiger partial charge in [-0.15, -0.1) is 0 Å². The summed E-state index contributed by atoms with van der Waals surface area (Å²) < 4.78 is 33.9. The van der Waals surface area contributed by atoms with Crippen molar-refractivity contribution in [3.05, 3.63) is 53.6 Å². The van der Waals surface area contributed by atoms with E-state index in [0.29, 0.717) is 32.7 Å². The Bertz CT molecular complexity index is 1040. The summed E-state index contributed by atoms with van der Waals surface area (Å²) in [7, 11) is -3.69. The number of nitrogens with two attached hydrogens (primary N) is 1. The summed E-state index contributed by atoms with van der Waals surface area (Å²) in [6.07, 6.45) is 2.66. The highest BCUT2D eigenvalue weighted by Gasteiger charge is 2.28. The standard InChI is InChI=1S/C22H27N3O5S/c23-31(27,28)18-6-3-16(4-7-18)9-10-24-22(26)15-25-11-1-2-19(25)17-5-8-20-21(14-17)30-13-12-29-20/h3-8,14,19H,1-2,9-13,15H2,(H,24,26)(H2,23,27,28)/t19-/m1/s1. The first-order chi connectivity index (χ1) is 14.9. The van der Waals surface area contributed by atoms with Crippen LogP contribution in [-0.4, -0.2) is 52.1 Å². The van der Waals surface area contributed by atoms with Crippen molar-refractivity contribution in [3.63, 3.8) is 0 Å². The first-order valence-electron chi connectivity index (χ1n) is 10.4. The third-order valence-electron chi connectivity index (χ3n) is 5.65. The number of hydrogen-bond donors (Lipinski definition) is 2. The van der Waals surface area contributed by atoms with Crippen molar-refractivity contribution in [3.8, 4) is 11.5 Å². The minimum Gasteiger partial charge on any atom is -0.486 e. The van der Waals surface area contributed by atoms with E-state index in [1.165, 1.54) is 12.1 Å². The van der Waals surface area contributed by atoms with E-state index < -0.39 is 10.0 Å². The lowest BCUT2D eigenvalue weighted by Crippen LogP contribution is -2.37. The lowest BCUT2D eigenvalue weighted by molar-refractivity contribution is -0.122. The average molecular weight is 446 g/mol. The molecule has 2 aliphatic heterocycles. The Morgan fingerprint density at radius 3 is 2.58 bits per heavy atom. The number of carbonyl (C=O) groups excluding carboxylic acids is 1. The van der Waals surface area contributed by atoms with E-state index in [-0.39, 0.29) is 16.8 Å². The van der Waals surface area contributed by atoms with Crippen molar-refractivity contribution in [2.75, 3.05) is 32.8 Å². The Morgan fingerprint density at radius 2 is 1.84 bits per heavy atom. The largest absolute Gasteiger partial charge is 0.486 e. The summed E-state index contributed by atoms with van der Waals surface area (Å²) in [5.41, 5.74) is 2.08. The molecule has 1 fully saturated rings. The van der Waals surface area contributed by atoms with Crippen LogP contribution in [0.5, 0.6) is 11.5 Å². The van der Waals surface area contributed by atoms with Crippen LogP contribution >= 0.6 is 0 Å². The molecule has 1 atom stereocenters. The first-order valence-corrected chi connectivity index (χ1v) is 12.0. The molecule has 2 aliphatic rings. The molecule has 0 saturated carbocycles. The van der Waals surface area contributed by atoms with Gasteiger partial charge in [0.05, 0.1) is 11.4 Å². The molecule has 2 heterocycles. The predicted octanol–water partition coefficient (Wildman–Crippen LogP) is 1.60. The summed E-state index contributed by atoms with van der Waals surface area (Å²) in [4.78, 5) is 14.8. The van der Waals surface area contributed by atoms with Gasteiger partial charge in [-0.2, -0.15) is 0 Å². The van der Waals surface area contributed by atoms with Crippen molar-refractivity contribution < 1.29 is 22.7 Å². The Kier molecular flexibility index (Phi) is 6.45. The van der Waals surface area contributed by atoms with E-state index in [1.807, 2.05) is 12.1 Å². The van der Waals surface area contributed by atoms with Crippen LogP contribution in [0.15, 0.2) is 47.4 Å². The fourth-order valence-electron chi connectivity index (χ4n) is 4.09. The molecular formula is C22H27N3O5S. The van der Waals surface area contributed by atoms with Gasteiger partial charge in [0.1, 0.15) is 13.2 Å². The molecule has 0 aromatic heterocycles. The highest BCUT2D eigenvalue weighted by Crippen LogP contribution is 2.37. The summed E-state index contributed by atoms with van der Waals surface area (Å²) in [5.74, 6) is 1.52. The fourth-order valence-corrected chi connectivity index (χ4v) is 4.61. The molecule has 0 spiro atoms. The van der Waals surface area contributed by atoms with Gasteiger partial charge in [-0.1, -0.05) is 18.2 Å². The average Bonchev–Trinajstić information content (AvgIpc) is 3.21. The van der Waals surface area contributed by atoms with Crippen molar-refractivity contribution in [2.45, 2.75) is 30.2 Å². The molecule has 31 heavy (non-hydrogen) atoms. The summed E-state index contributed by atoms with van der Waals surface area (Å²) >= 11 is 0. The Hall–Kier alpha value is -2.62. The summed E-state index contributed by atoms with van der Waals surface area (Å²) in [6.45, 7) is 2.82. The number of fused-ring (bicyclic) bond motifs is 1. The lowest BCUT2D eigenvalue weighted by Gasteiger charge is -2.26. The lowest BCUT2D eigenvalue weighted by atomic mass is 10.0. The number of hydrogen-bond acceptors (Lipinski definition) is 6. The van der Waals surface area contributed by atoms with Gasteiger partial charge in [0.15, 0.2) is 11.5 Å². The number of nitrogens with one attached hydrogen (secondary N) is 1. The Morgan fingerprint density at radius 1 is 1.10 bits per heavy atom. The van der Waals surface area contributed by atoms with Crippen LogP contribution in [0.25, 0.3) is 0 Å². The second-order valence-corrected chi connectivity index (χ2v) is 9.38. The molecule has 3 N–H and O–H groups in total. The number of nitrogens with zero attached hydrogens (tertiary/aromatic N) is 1. The van der Waals surface area contributed by atoms with E-state index in [1.54, 1.807) is 12.1 Å². The number of ether oxygens (including phenoxy) is 2. The predicted molar refractivity (Wildman–Crippen MR) is 116 cm³/mol. The molecule has 8 nitrogen and oxygen atoms in total. The van der Waals surface area contributed by atoms with Crippen LogP contribution < -0.4 is 19.9 Å². The first kappa shape index (κ1) is 21.6. The molecule has 0 radical (unpaired) electrons. The quantitative estimate of drug-likeness (QED) is 0.670. The molecule has 2 aromatic rings. The molecule has 166 valence electrons. The minimum atomic E-state index is -3.69. The van der Waals surface area contributed by atoms with E-state index in [2.05, 4.69) is 16.3 Å². The van der Waals surface area contributed by atoms with Crippen molar-refractivity contribution in [1.82, 2.24) is 10.2 Å². The van der Waals surface area contributed by atoms with Gasteiger partial charge in [0.2, 0.25) is 15.9 Å². The number of primary sulfonamides is 1. The highest BCUT2D eigenvalue weighted by molar-refractivity contribution is 7.89. The normalized spacial score (nSPS) is 18.7. The molecule has 1 amide bonds. The Balaban J connectivity index is 1.29. The smallest absolute Gasteiger partial charge is 0.238 e. The monoisotopic (exact) mass is 445 g/mol. The summed E-state index contributed by atoms with van der Waals surface area (Å²) in [6, 6.07) is 12.6. The molecule has 9 heteroatoms. The number of rotatable bonds is 7. The van der Waals surface area contributed by atoms with Crippen molar-refractivity contribution >= 4 is 15.9 Å². The fraction of sp³-hybridized carbons (Fsp3) is 0.409. The SMILES string of the molecule is NS(=O)(=O)c1ccc(CCNC(=O)CN2CCC[C@@H]2c2ccc3c(c2)OCCO3)cc1. The Labute approximate surface area is 182 Å². The zero-order chi connectivity index (χ0) is 21.8. The molecule has 1 saturated heterocycles. The van der Waals surface area contributed by atoms with Gasteiger partial charge in [0, 0.05) is 12.6 Å². The van der Waals surface area contributed by atoms with Crippen LogP contribution in [0, 0.1) is 0 Å². The van der Waals surface area contributed by atoms with Gasteiger partial charge >= 0.3 is 0 Å². The van der Waals surface area contributed by atoms with E-state index in [0.717, 1.165) is 42.0 Å². The van der Waals surface area contributed by atoms with Gasteiger partial charge in [-0.25, -0.2) is 13.6 Å². The van der Waals surface area contributed by atoms with E-state index in [9.17, 15) is 13.2 Å². The summed E-state index contributed by atoms with van der Waals surface area (Å²) in [5, 5.41) is 8.07. The molecule has 4 rings (SSSR count). The topological polar surface area (TPSA) is 111 Å². The zero-order valence-electron chi connectivity index (χ0n) is 17.2. The molecular weight excluding hydrogens is 418 g/mol. The third-order valence-corrected chi connectivity index (χ3v) is 6.58. The maximum atomic E-state index is 12.5. The molecule has 2 aromatic carbocycles. The van der Waals surface area contributed by atoms with E-state index in [4.69, 9.17) is 14.6 Å². The van der Waals surface area contributed by atoms with Crippen LogP contribution in [0.4, 0.5) is 0 Å². The minimum absolute atomic E-state index is 0.0226. The van der Waals surface area contributed by atoms with Crippen molar-refractivity contribution in [2.24, 2.45) is 5.14 Å². The second-order valence-electron chi connectivity index (χ2n) is 7.82. The maximum absolute atomic E-state index is 12.5. The van der Waals surface area contributed by atoms with Gasteiger partial charge in [-0.05, 0) is 61.2 Å².